The molecular formula is C25H22N2O4S. The van der Waals surface area contributed by atoms with E-state index < -0.39 is 0 Å². The van der Waals surface area contributed by atoms with Gasteiger partial charge in [0.15, 0.2) is 0 Å². The monoisotopic (exact) mass is 446 g/mol. The molecule has 3 aromatic rings. The number of likely N-dealkylation sites (N-methyl/N-ethyl adjacent to an activating group) is 1. The van der Waals surface area contributed by atoms with Crippen molar-refractivity contribution in [2.75, 3.05) is 11.9 Å². The number of phenolic OH excluding ortho intramolecular Hbond substituents is 1. The van der Waals surface area contributed by atoms with Crippen molar-refractivity contribution in [1.29, 1.82) is 0 Å². The van der Waals surface area contributed by atoms with Crippen LogP contribution in [0.3, 0.4) is 0 Å². The molecule has 1 heterocycles. The van der Waals surface area contributed by atoms with Gasteiger partial charge in [-0.2, -0.15) is 0 Å². The molecular weight excluding hydrogens is 424 g/mol. The van der Waals surface area contributed by atoms with Gasteiger partial charge in [0.1, 0.15) is 5.75 Å². The zero-order chi connectivity index (χ0) is 22.7. The smallest absolute Gasteiger partial charge is 0.286 e. The van der Waals surface area contributed by atoms with Crippen molar-refractivity contribution in [1.82, 2.24) is 5.32 Å². The summed E-state index contributed by atoms with van der Waals surface area (Å²) >= 11 is 1.03. The van der Waals surface area contributed by atoms with Crippen LogP contribution in [0.1, 0.15) is 11.1 Å². The Hall–Kier alpha value is -3.58. The Morgan fingerprint density at radius 1 is 0.969 bits per heavy atom. The summed E-state index contributed by atoms with van der Waals surface area (Å²) in [6.07, 6.45) is 0.738. The molecule has 0 spiro atoms. The fourth-order valence-electron chi connectivity index (χ4n) is 3.52. The lowest BCUT2D eigenvalue weighted by molar-refractivity contribution is -0.119. The third-order valence-electron chi connectivity index (χ3n) is 5.37. The number of nitrogens with one attached hydrogen (secondary N) is 1. The van der Waals surface area contributed by atoms with Gasteiger partial charge in [0.2, 0.25) is 11.8 Å². The number of rotatable bonds is 6. The molecule has 3 amide bonds. The molecule has 0 bridgehead atoms. The normalized spacial score (nSPS) is 15.5. The molecule has 1 aliphatic heterocycles. The second-order valence-corrected chi connectivity index (χ2v) is 8.81. The first-order valence-corrected chi connectivity index (χ1v) is 11.0. The van der Waals surface area contributed by atoms with E-state index in [4.69, 9.17) is 0 Å². The first-order chi connectivity index (χ1) is 15.4. The minimum absolute atomic E-state index is 0.0509. The molecule has 0 aromatic heterocycles. The molecule has 1 aliphatic rings. The fourth-order valence-corrected chi connectivity index (χ4v) is 4.38. The summed E-state index contributed by atoms with van der Waals surface area (Å²) < 4.78 is 0. The van der Waals surface area contributed by atoms with Gasteiger partial charge < -0.3 is 10.0 Å². The molecule has 1 atom stereocenters. The minimum atomic E-state index is -0.384. The van der Waals surface area contributed by atoms with Crippen LogP contribution in [-0.2, 0) is 22.4 Å². The number of hydrogen-bond acceptors (Lipinski definition) is 5. The van der Waals surface area contributed by atoms with E-state index in [1.807, 2.05) is 48.5 Å². The van der Waals surface area contributed by atoms with Crippen LogP contribution in [0.25, 0.3) is 11.1 Å². The highest BCUT2D eigenvalue weighted by Crippen LogP contribution is 2.27. The summed E-state index contributed by atoms with van der Waals surface area (Å²) in [5.41, 5.74) is 4.57. The molecule has 1 fully saturated rings. The Labute approximate surface area is 190 Å². The SMILES string of the molecule is CN(C(=O)Cc1ccc(O)cc1)c1cccc(-c2ccc(CC3SC(=O)NC3=O)cc2)c1. The Balaban J connectivity index is 1.45. The van der Waals surface area contributed by atoms with Gasteiger partial charge in [-0.1, -0.05) is 60.3 Å². The van der Waals surface area contributed by atoms with Gasteiger partial charge in [0.25, 0.3) is 5.24 Å². The van der Waals surface area contributed by atoms with Gasteiger partial charge in [-0.3, -0.25) is 19.7 Å². The number of hydrogen-bond donors (Lipinski definition) is 2. The number of thioether (sulfide) groups is 1. The lowest BCUT2D eigenvalue weighted by Gasteiger charge is -2.18. The Bertz CT molecular complexity index is 1160. The van der Waals surface area contributed by atoms with Gasteiger partial charge >= 0.3 is 0 Å². The highest BCUT2D eigenvalue weighted by Gasteiger charge is 2.31. The van der Waals surface area contributed by atoms with Crippen molar-refractivity contribution in [2.45, 2.75) is 18.1 Å². The zero-order valence-corrected chi connectivity index (χ0v) is 18.3. The van der Waals surface area contributed by atoms with Crippen molar-refractivity contribution in [3.63, 3.8) is 0 Å². The second-order valence-electron chi connectivity index (χ2n) is 7.63. The first kappa shape index (κ1) is 21.6. The third-order valence-corrected chi connectivity index (χ3v) is 6.36. The van der Waals surface area contributed by atoms with Crippen LogP contribution in [0.4, 0.5) is 10.5 Å². The number of aromatic hydroxyl groups is 1. The number of anilines is 1. The van der Waals surface area contributed by atoms with E-state index in [2.05, 4.69) is 5.32 Å². The second kappa shape index (κ2) is 9.28. The minimum Gasteiger partial charge on any atom is -0.508 e. The van der Waals surface area contributed by atoms with E-state index in [1.54, 1.807) is 36.2 Å². The predicted octanol–water partition coefficient (Wildman–Crippen LogP) is 4.16. The highest BCUT2D eigenvalue weighted by molar-refractivity contribution is 8.15. The third kappa shape index (κ3) is 5.00. The Morgan fingerprint density at radius 2 is 1.66 bits per heavy atom. The maximum atomic E-state index is 12.7. The predicted molar refractivity (Wildman–Crippen MR) is 126 cm³/mol. The summed E-state index contributed by atoms with van der Waals surface area (Å²) in [5, 5.41) is 11.0. The number of carbonyl (C=O) groups excluding carboxylic acids is 3. The van der Waals surface area contributed by atoms with Crippen molar-refractivity contribution in [2.24, 2.45) is 0 Å². The van der Waals surface area contributed by atoms with E-state index in [9.17, 15) is 19.5 Å². The molecule has 3 aromatic carbocycles. The Kier molecular flexibility index (Phi) is 6.28. The first-order valence-electron chi connectivity index (χ1n) is 10.1. The van der Waals surface area contributed by atoms with Crippen LogP contribution in [-0.4, -0.2) is 34.5 Å². The molecule has 0 saturated carbocycles. The summed E-state index contributed by atoms with van der Waals surface area (Å²) in [7, 11) is 1.75. The number of amides is 3. The molecule has 0 radical (unpaired) electrons. The molecule has 32 heavy (non-hydrogen) atoms. The summed E-state index contributed by atoms with van der Waals surface area (Å²) in [4.78, 5) is 37.4. The van der Waals surface area contributed by atoms with Crippen LogP contribution < -0.4 is 10.2 Å². The lowest BCUT2D eigenvalue weighted by atomic mass is 10.0. The van der Waals surface area contributed by atoms with E-state index in [-0.39, 0.29) is 34.5 Å². The van der Waals surface area contributed by atoms with Gasteiger partial charge in [-0.05, 0) is 52.9 Å². The van der Waals surface area contributed by atoms with Crippen LogP contribution >= 0.6 is 11.8 Å². The lowest BCUT2D eigenvalue weighted by Crippen LogP contribution is -2.27. The van der Waals surface area contributed by atoms with Crippen LogP contribution in [0, 0.1) is 0 Å². The van der Waals surface area contributed by atoms with Gasteiger partial charge in [-0.25, -0.2) is 0 Å². The van der Waals surface area contributed by atoms with Crippen molar-refractivity contribution in [3.05, 3.63) is 83.9 Å². The summed E-state index contributed by atoms with van der Waals surface area (Å²) in [6, 6.07) is 22.2. The van der Waals surface area contributed by atoms with Crippen molar-refractivity contribution >= 4 is 34.5 Å². The number of carbonyl (C=O) groups is 3. The van der Waals surface area contributed by atoms with Crippen LogP contribution in [0.15, 0.2) is 72.8 Å². The molecule has 4 rings (SSSR count). The van der Waals surface area contributed by atoms with E-state index in [0.29, 0.717) is 6.42 Å². The molecule has 1 unspecified atom stereocenters. The highest BCUT2D eigenvalue weighted by atomic mass is 32.2. The molecule has 7 heteroatoms. The van der Waals surface area contributed by atoms with Crippen molar-refractivity contribution < 1.29 is 19.5 Å². The zero-order valence-electron chi connectivity index (χ0n) is 17.4. The van der Waals surface area contributed by atoms with E-state index >= 15 is 0 Å². The van der Waals surface area contributed by atoms with Gasteiger partial charge in [0, 0.05) is 12.7 Å². The average molecular weight is 447 g/mol. The molecule has 6 nitrogen and oxygen atoms in total. The van der Waals surface area contributed by atoms with E-state index in [0.717, 1.165) is 39.7 Å². The summed E-state index contributed by atoms with van der Waals surface area (Å²) in [6.45, 7) is 0. The van der Waals surface area contributed by atoms with Crippen LogP contribution in [0.5, 0.6) is 5.75 Å². The maximum Gasteiger partial charge on any atom is 0.286 e. The summed E-state index contributed by atoms with van der Waals surface area (Å²) in [5.74, 6) is -0.117. The number of nitrogens with zero attached hydrogens (tertiary/aromatic N) is 1. The molecule has 1 saturated heterocycles. The number of benzene rings is 3. The Morgan fingerprint density at radius 3 is 2.31 bits per heavy atom. The van der Waals surface area contributed by atoms with Gasteiger partial charge in [-0.15, -0.1) is 0 Å². The quantitative estimate of drug-likeness (QED) is 0.594. The number of phenols is 1. The van der Waals surface area contributed by atoms with Crippen molar-refractivity contribution in [3.8, 4) is 16.9 Å². The van der Waals surface area contributed by atoms with Gasteiger partial charge in [0.05, 0.1) is 11.7 Å². The standard InChI is InChI=1S/C25H22N2O4S/c1-27(23(29)14-17-7-11-21(28)12-8-17)20-4-2-3-19(15-20)18-9-5-16(6-10-18)13-22-24(30)26-25(31)32-22/h2-12,15,22,28H,13-14H2,1H3,(H,26,30,31). The van der Waals surface area contributed by atoms with E-state index in [1.165, 1.54) is 0 Å². The topological polar surface area (TPSA) is 86.7 Å². The fraction of sp³-hybridized carbons (Fsp3) is 0.160. The number of imide groups is 1. The largest absolute Gasteiger partial charge is 0.508 e. The molecule has 0 aliphatic carbocycles. The maximum absolute atomic E-state index is 12.7. The average Bonchev–Trinajstić information content (AvgIpc) is 3.11. The molecule has 162 valence electrons. The molecule has 2 N–H and O–H groups in total. The van der Waals surface area contributed by atoms with Crippen LogP contribution in [0.2, 0.25) is 0 Å².